The van der Waals surface area contributed by atoms with Crippen molar-refractivity contribution in [2.45, 2.75) is 146 Å². The molecule has 324 valence electrons. The molecule has 14 nitrogen and oxygen atoms in total. The van der Waals surface area contributed by atoms with E-state index in [1.54, 1.807) is 46.9 Å². The molecule has 8 atom stereocenters. The van der Waals surface area contributed by atoms with Crippen LogP contribution in [0.5, 0.6) is 11.6 Å². The van der Waals surface area contributed by atoms with Crippen LogP contribution in [0.1, 0.15) is 104 Å². The van der Waals surface area contributed by atoms with Crippen molar-refractivity contribution in [1.82, 2.24) is 25.5 Å². The van der Waals surface area contributed by atoms with Crippen LogP contribution in [0.3, 0.4) is 0 Å². The van der Waals surface area contributed by atoms with E-state index in [1.165, 1.54) is 4.90 Å². The predicted molar refractivity (Wildman–Crippen MR) is 213 cm³/mol. The Balaban J connectivity index is 1.28. The van der Waals surface area contributed by atoms with Crippen LogP contribution in [0.4, 0.5) is 13.6 Å². The Morgan fingerprint density at radius 2 is 1.76 bits per heavy atom. The highest BCUT2D eigenvalue weighted by atomic mass is 32.2. The summed E-state index contributed by atoms with van der Waals surface area (Å²) >= 11 is 0. The number of halogens is 2. The van der Waals surface area contributed by atoms with Gasteiger partial charge in [0.2, 0.25) is 24.1 Å². The molecule has 2 aromatic rings. The zero-order valence-electron chi connectivity index (χ0n) is 34.5. The number of sulfone groups is 1. The lowest BCUT2D eigenvalue weighted by atomic mass is 9.85. The second-order valence-corrected chi connectivity index (χ2v) is 20.5. The van der Waals surface area contributed by atoms with Crippen LogP contribution in [0, 0.1) is 23.2 Å². The van der Waals surface area contributed by atoms with E-state index in [0.717, 1.165) is 38.5 Å². The van der Waals surface area contributed by atoms with Crippen LogP contribution in [0.2, 0.25) is 0 Å². The van der Waals surface area contributed by atoms with Gasteiger partial charge in [0.1, 0.15) is 47.0 Å². The number of fused-ring (bicyclic) bond motifs is 5. The third-order valence-electron chi connectivity index (χ3n) is 13.0. The van der Waals surface area contributed by atoms with E-state index in [9.17, 15) is 36.4 Å². The maximum absolute atomic E-state index is 15.0. The number of alkyl halides is 2. The summed E-state index contributed by atoms with van der Waals surface area (Å²) in [6.45, 7) is 6.96. The largest absolute Gasteiger partial charge is 0.497 e. The molecule has 1 saturated heterocycles. The van der Waals surface area contributed by atoms with Gasteiger partial charge >= 0.3 is 6.09 Å². The van der Waals surface area contributed by atoms with Crippen LogP contribution in [0.15, 0.2) is 18.2 Å². The van der Waals surface area contributed by atoms with Gasteiger partial charge in [-0.25, -0.2) is 32.0 Å². The Labute approximate surface area is 344 Å². The second kappa shape index (κ2) is 16.7. The van der Waals surface area contributed by atoms with Crippen molar-refractivity contribution >= 4 is 44.6 Å². The molecule has 0 radical (unpaired) electrons. The molecule has 0 spiro atoms. The maximum Gasteiger partial charge on any atom is 0.408 e. The Hall–Kier alpha value is -4.15. The summed E-state index contributed by atoms with van der Waals surface area (Å²) in [5.41, 5.74) is -1.27. The summed E-state index contributed by atoms with van der Waals surface area (Å²) in [7, 11) is -2.35. The molecule has 3 saturated carbocycles. The third kappa shape index (κ3) is 9.00. The smallest absolute Gasteiger partial charge is 0.408 e. The summed E-state index contributed by atoms with van der Waals surface area (Å²) in [5, 5.41) is 4.68. The number of rotatable bonds is 9. The van der Waals surface area contributed by atoms with Gasteiger partial charge in [0, 0.05) is 12.0 Å². The highest BCUT2D eigenvalue weighted by Crippen LogP contribution is 2.49. The third-order valence-corrected chi connectivity index (χ3v) is 15.2. The van der Waals surface area contributed by atoms with Crippen molar-refractivity contribution in [2.24, 2.45) is 23.2 Å². The fraction of sp³-hybridized carbons (Fsp3) is 0.714. The summed E-state index contributed by atoms with van der Waals surface area (Å²) in [5.74, 6) is -4.87. The number of nitrogens with zero attached hydrogens (tertiary/aromatic N) is 3. The second-order valence-electron chi connectivity index (χ2n) is 18.2. The number of alkyl carbamates (subject to hydrolysis) is 1. The monoisotopic (exact) mass is 845 g/mol. The van der Waals surface area contributed by atoms with E-state index in [4.69, 9.17) is 24.2 Å². The lowest BCUT2D eigenvalue weighted by Gasteiger charge is -2.36. The number of hydrogen-bond donors (Lipinski definition) is 2. The lowest BCUT2D eigenvalue weighted by molar-refractivity contribution is -0.143. The number of aromatic nitrogens is 2. The first-order chi connectivity index (χ1) is 27.9. The number of carbonyl (C=O) groups excluding carboxylic acids is 4. The van der Waals surface area contributed by atoms with Crippen LogP contribution >= 0.6 is 0 Å². The van der Waals surface area contributed by atoms with Gasteiger partial charge in [0.05, 0.1) is 35.9 Å². The van der Waals surface area contributed by atoms with E-state index >= 15 is 0 Å². The van der Waals surface area contributed by atoms with Crippen LogP contribution < -0.4 is 20.1 Å². The standard InChI is InChI=1S/C42H57F2N5O9S/c1-6-26-32-21-49(34(26)37(51)48-42(20-27(42)36(43)44)33(50)22-59(54,55)25-16-17-25)39(52)35(41(2,3)4)47-40(53)58-31-14-10-12-23(31)11-8-7-9-13-29-38(57-32)46-30-19-24(56-5)15-18-28(30)45-29/h15,18-19,23,25-27,31-32,34-36H,6-14,16-17,20-22H2,1-5H3,(H,47,53)(H,48,51)/t23-,26-,27?,31-,32+,34+,35-,42-/m1/s1. The fourth-order valence-corrected chi connectivity index (χ4v) is 11.1. The van der Waals surface area contributed by atoms with Gasteiger partial charge in [-0.2, -0.15) is 0 Å². The van der Waals surface area contributed by atoms with Crippen molar-refractivity contribution in [3.05, 3.63) is 23.9 Å². The summed E-state index contributed by atoms with van der Waals surface area (Å²) in [6.07, 6.45) is 2.19. The minimum atomic E-state index is -3.90. The SMILES string of the molecule is CC[C@@H]1[C@@H]2CN(C(=O)[C@H](C(C)(C)C)NC(=O)O[C@@H]3CCC[C@H]3CCCCCc3nc4ccc(OC)cc4nc3O2)[C@@H]1C(=O)N[C@]1(C(=O)CS(=O)(=O)C2CC2)CC1C(F)F. The highest BCUT2D eigenvalue weighted by molar-refractivity contribution is 7.93. The van der Waals surface area contributed by atoms with Gasteiger partial charge in [-0.3, -0.25) is 14.4 Å². The van der Waals surface area contributed by atoms with Gasteiger partial charge in [-0.1, -0.05) is 40.5 Å². The molecule has 2 N–H and O–H groups in total. The van der Waals surface area contributed by atoms with E-state index in [0.29, 0.717) is 48.2 Å². The average molecular weight is 846 g/mol. The predicted octanol–water partition coefficient (Wildman–Crippen LogP) is 5.34. The zero-order valence-corrected chi connectivity index (χ0v) is 35.3. The Bertz CT molecular complexity index is 2060. The molecule has 17 heteroatoms. The van der Waals surface area contributed by atoms with E-state index in [-0.39, 0.29) is 30.9 Å². The van der Waals surface area contributed by atoms with Crippen molar-refractivity contribution in [3.63, 3.8) is 0 Å². The molecular weight excluding hydrogens is 789 g/mol. The van der Waals surface area contributed by atoms with Crippen molar-refractivity contribution < 1.29 is 50.6 Å². The normalized spacial score (nSPS) is 30.6. The number of methoxy groups -OCH3 is 1. The number of amides is 3. The van der Waals surface area contributed by atoms with E-state index in [1.807, 2.05) is 6.07 Å². The summed E-state index contributed by atoms with van der Waals surface area (Å²) in [6, 6.07) is 2.79. The highest BCUT2D eigenvalue weighted by Gasteiger charge is 2.66. The Kier molecular flexibility index (Phi) is 12.2. The number of hydrogen-bond acceptors (Lipinski definition) is 11. The molecule has 3 heterocycles. The minimum Gasteiger partial charge on any atom is -0.497 e. The molecular formula is C42H57F2N5O9S. The van der Waals surface area contributed by atoms with Crippen LogP contribution in [-0.2, 0) is 35.4 Å². The Morgan fingerprint density at radius 3 is 2.42 bits per heavy atom. The molecule has 4 fully saturated rings. The van der Waals surface area contributed by atoms with Crippen molar-refractivity contribution in [1.29, 1.82) is 0 Å². The van der Waals surface area contributed by atoms with Gasteiger partial charge in [-0.15, -0.1) is 0 Å². The maximum atomic E-state index is 15.0. The Morgan fingerprint density at radius 1 is 1.02 bits per heavy atom. The molecule has 7 rings (SSSR count). The number of aryl methyl sites for hydroxylation is 1. The molecule has 2 bridgehead atoms. The number of ketones is 1. The van der Waals surface area contributed by atoms with E-state index in [2.05, 4.69) is 10.6 Å². The van der Waals surface area contributed by atoms with E-state index < -0.39 is 98.4 Å². The molecule has 1 unspecified atom stereocenters. The first kappa shape index (κ1) is 43.0. The van der Waals surface area contributed by atoms with Gasteiger partial charge in [0.15, 0.2) is 15.6 Å². The average Bonchev–Trinajstić information content (AvgIpc) is 4.09. The lowest BCUT2D eigenvalue weighted by Crippen LogP contribution is -2.60. The molecule has 5 aliphatic rings. The first-order valence-electron chi connectivity index (χ1n) is 21.1. The number of nitrogens with one attached hydrogen (secondary N) is 2. The quantitative estimate of drug-likeness (QED) is 0.333. The van der Waals surface area contributed by atoms with Crippen LogP contribution in [-0.4, -0.2) is 108 Å². The number of benzene rings is 1. The number of carbonyl (C=O) groups is 4. The van der Waals surface area contributed by atoms with Gasteiger partial charge < -0.3 is 29.7 Å². The van der Waals surface area contributed by atoms with Crippen molar-refractivity contribution in [2.75, 3.05) is 19.4 Å². The molecule has 59 heavy (non-hydrogen) atoms. The molecule has 1 aromatic carbocycles. The molecule has 1 aromatic heterocycles. The summed E-state index contributed by atoms with van der Waals surface area (Å²) in [4.78, 5) is 68.1. The van der Waals surface area contributed by atoms with Crippen LogP contribution in [0.25, 0.3) is 11.0 Å². The fourth-order valence-electron chi connectivity index (χ4n) is 9.38. The molecule has 3 amide bonds. The summed E-state index contributed by atoms with van der Waals surface area (Å²) < 4.78 is 72.7. The first-order valence-corrected chi connectivity index (χ1v) is 22.8. The number of Topliss-reactive ketones (excluding diaryl/α,β-unsaturated/α-hetero) is 1. The van der Waals surface area contributed by atoms with Crippen molar-refractivity contribution in [3.8, 4) is 11.6 Å². The topological polar surface area (TPSA) is 183 Å². The van der Waals surface area contributed by atoms with Gasteiger partial charge in [0.25, 0.3) is 0 Å². The van der Waals surface area contributed by atoms with Gasteiger partial charge in [-0.05, 0) is 87.7 Å². The molecule has 2 aliphatic heterocycles. The minimum absolute atomic E-state index is 0.157. The zero-order chi connectivity index (χ0) is 42.4. The molecule has 3 aliphatic carbocycles. The number of ether oxygens (including phenoxy) is 3.